The van der Waals surface area contributed by atoms with E-state index in [4.69, 9.17) is 5.73 Å². The van der Waals surface area contributed by atoms with Crippen molar-refractivity contribution >= 4 is 0 Å². The molecule has 16 heavy (non-hydrogen) atoms. The topological polar surface area (TPSA) is 29.3 Å². The summed E-state index contributed by atoms with van der Waals surface area (Å²) in [5.74, 6) is 0.891. The van der Waals surface area contributed by atoms with Crippen LogP contribution in [0.15, 0.2) is 24.3 Å². The molecule has 1 saturated heterocycles. The van der Waals surface area contributed by atoms with Crippen LogP contribution in [-0.4, -0.2) is 24.5 Å². The number of aryl methyl sites for hydroxylation is 1. The van der Waals surface area contributed by atoms with E-state index >= 15 is 0 Å². The fraction of sp³-hybridized carbons (Fsp3) is 0.571. The first-order chi connectivity index (χ1) is 7.72. The van der Waals surface area contributed by atoms with E-state index in [1.165, 1.54) is 30.6 Å². The highest BCUT2D eigenvalue weighted by Gasteiger charge is 2.58. The Morgan fingerprint density at radius 1 is 1.50 bits per heavy atom. The molecule has 2 atom stereocenters. The number of likely N-dealkylation sites (tertiary alicyclic amines) is 1. The van der Waals surface area contributed by atoms with Gasteiger partial charge in [-0.1, -0.05) is 29.8 Å². The molecule has 1 saturated carbocycles. The summed E-state index contributed by atoms with van der Waals surface area (Å²) in [7, 11) is 0. The van der Waals surface area contributed by atoms with Gasteiger partial charge in [0, 0.05) is 19.6 Å². The summed E-state index contributed by atoms with van der Waals surface area (Å²) in [4.78, 5) is 2.57. The molecule has 2 aliphatic rings. The molecule has 1 aliphatic carbocycles. The third kappa shape index (κ3) is 1.66. The molecule has 86 valence electrons. The Hall–Kier alpha value is -0.860. The smallest absolute Gasteiger partial charge is 0.0234 e. The summed E-state index contributed by atoms with van der Waals surface area (Å²) in [6.45, 7) is 6.60. The predicted octanol–water partition coefficient (Wildman–Crippen LogP) is 1.78. The third-order valence-electron chi connectivity index (χ3n) is 4.27. The van der Waals surface area contributed by atoms with Crippen LogP contribution in [0.5, 0.6) is 0 Å². The van der Waals surface area contributed by atoms with Gasteiger partial charge in [-0.3, -0.25) is 4.90 Å². The molecule has 0 spiro atoms. The van der Waals surface area contributed by atoms with Crippen LogP contribution < -0.4 is 5.73 Å². The van der Waals surface area contributed by atoms with Crippen LogP contribution in [0.3, 0.4) is 0 Å². The Kier molecular flexibility index (Phi) is 2.30. The monoisotopic (exact) mass is 216 g/mol. The molecule has 3 rings (SSSR count). The standard InChI is InChI=1S/C14H20N2/c1-11-3-2-4-12(5-11)7-16-8-13-6-14(13,9-15)10-16/h2-5,13H,6-10,15H2,1H3/t13-,14+/m0/s1. The summed E-state index contributed by atoms with van der Waals surface area (Å²) >= 11 is 0. The molecule has 0 amide bonds. The second kappa shape index (κ2) is 3.57. The number of nitrogens with zero attached hydrogens (tertiary/aromatic N) is 1. The maximum Gasteiger partial charge on any atom is 0.0234 e. The molecule has 0 bridgehead atoms. The first kappa shape index (κ1) is 10.3. The molecular weight excluding hydrogens is 196 g/mol. The summed E-state index contributed by atoms with van der Waals surface area (Å²) in [6.07, 6.45) is 1.37. The fourth-order valence-electron chi connectivity index (χ4n) is 3.21. The van der Waals surface area contributed by atoms with E-state index in [1.807, 2.05) is 0 Å². The molecule has 1 aromatic rings. The highest BCUT2D eigenvalue weighted by Crippen LogP contribution is 2.57. The number of hydrogen-bond donors (Lipinski definition) is 1. The van der Waals surface area contributed by atoms with Crippen LogP contribution in [0.1, 0.15) is 17.5 Å². The predicted molar refractivity (Wildman–Crippen MR) is 66.1 cm³/mol. The summed E-state index contributed by atoms with van der Waals surface area (Å²) in [6, 6.07) is 8.83. The Bertz CT molecular complexity index is 397. The van der Waals surface area contributed by atoms with Gasteiger partial charge < -0.3 is 5.73 Å². The largest absolute Gasteiger partial charge is 0.330 e. The Labute approximate surface area is 97.4 Å². The summed E-state index contributed by atoms with van der Waals surface area (Å²) < 4.78 is 0. The van der Waals surface area contributed by atoms with E-state index in [9.17, 15) is 0 Å². The number of nitrogens with two attached hydrogens (primary N) is 1. The van der Waals surface area contributed by atoms with Crippen molar-refractivity contribution in [3.05, 3.63) is 35.4 Å². The highest BCUT2D eigenvalue weighted by molar-refractivity contribution is 5.23. The zero-order valence-electron chi connectivity index (χ0n) is 9.95. The van der Waals surface area contributed by atoms with E-state index < -0.39 is 0 Å². The Balaban J connectivity index is 1.65. The van der Waals surface area contributed by atoms with Crippen molar-refractivity contribution in [2.75, 3.05) is 19.6 Å². The second-order valence-corrected chi connectivity index (χ2v) is 5.63. The molecule has 1 aliphatic heterocycles. The average molecular weight is 216 g/mol. The minimum atomic E-state index is 0.504. The third-order valence-corrected chi connectivity index (χ3v) is 4.27. The molecule has 0 radical (unpaired) electrons. The van der Waals surface area contributed by atoms with Crippen molar-refractivity contribution in [2.45, 2.75) is 19.9 Å². The van der Waals surface area contributed by atoms with Crippen LogP contribution in [0.4, 0.5) is 0 Å². The quantitative estimate of drug-likeness (QED) is 0.834. The van der Waals surface area contributed by atoms with Gasteiger partial charge >= 0.3 is 0 Å². The lowest BCUT2D eigenvalue weighted by Crippen LogP contribution is -2.28. The van der Waals surface area contributed by atoms with Crippen LogP contribution >= 0.6 is 0 Å². The van der Waals surface area contributed by atoms with Gasteiger partial charge in [0.05, 0.1) is 0 Å². The number of piperidine rings is 1. The lowest BCUT2D eigenvalue weighted by molar-refractivity contribution is 0.274. The van der Waals surface area contributed by atoms with Gasteiger partial charge in [0.25, 0.3) is 0 Å². The lowest BCUT2D eigenvalue weighted by Gasteiger charge is -2.20. The van der Waals surface area contributed by atoms with Crippen molar-refractivity contribution in [1.29, 1.82) is 0 Å². The molecule has 1 aromatic carbocycles. The highest BCUT2D eigenvalue weighted by atomic mass is 15.2. The first-order valence-corrected chi connectivity index (χ1v) is 6.20. The van der Waals surface area contributed by atoms with Crippen molar-refractivity contribution in [3.8, 4) is 0 Å². The first-order valence-electron chi connectivity index (χ1n) is 6.20. The lowest BCUT2D eigenvalue weighted by atomic mass is 10.1. The molecule has 0 unspecified atom stereocenters. The van der Waals surface area contributed by atoms with Crippen molar-refractivity contribution in [1.82, 2.24) is 4.90 Å². The molecular formula is C14H20N2. The number of fused-ring (bicyclic) bond motifs is 1. The molecule has 2 fully saturated rings. The summed E-state index contributed by atoms with van der Waals surface area (Å²) in [5, 5.41) is 0. The van der Waals surface area contributed by atoms with Crippen LogP contribution in [0, 0.1) is 18.3 Å². The minimum absolute atomic E-state index is 0.504. The molecule has 2 N–H and O–H groups in total. The molecule has 1 heterocycles. The van der Waals surface area contributed by atoms with Gasteiger partial charge in [0.1, 0.15) is 0 Å². The number of hydrogen-bond acceptors (Lipinski definition) is 2. The molecule has 2 nitrogen and oxygen atoms in total. The zero-order chi connectivity index (χ0) is 11.2. The SMILES string of the molecule is Cc1cccc(CN2C[C@@H]3C[C@@]3(CN)C2)c1. The van der Waals surface area contributed by atoms with Crippen LogP contribution in [0.25, 0.3) is 0 Å². The van der Waals surface area contributed by atoms with Crippen molar-refractivity contribution < 1.29 is 0 Å². The van der Waals surface area contributed by atoms with Crippen molar-refractivity contribution in [3.63, 3.8) is 0 Å². The van der Waals surface area contributed by atoms with E-state index in [-0.39, 0.29) is 0 Å². The minimum Gasteiger partial charge on any atom is -0.330 e. The van der Waals surface area contributed by atoms with Gasteiger partial charge in [0.2, 0.25) is 0 Å². The van der Waals surface area contributed by atoms with Crippen LogP contribution in [0.2, 0.25) is 0 Å². The average Bonchev–Trinajstić information content (AvgIpc) is 2.82. The molecule has 2 heteroatoms. The van der Waals surface area contributed by atoms with E-state index in [0.29, 0.717) is 5.41 Å². The maximum absolute atomic E-state index is 5.86. The van der Waals surface area contributed by atoms with E-state index in [1.54, 1.807) is 0 Å². The maximum atomic E-state index is 5.86. The Morgan fingerprint density at radius 3 is 3.06 bits per heavy atom. The number of benzene rings is 1. The van der Waals surface area contributed by atoms with E-state index in [0.717, 1.165) is 19.0 Å². The van der Waals surface area contributed by atoms with E-state index in [2.05, 4.69) is 36.1 Å². The van der Waals surface area contributed by atoms with Crippen molar-refractivity contribution in [2.24, 2.45) is 17.1 Å². The fourth-order valence-corrected chi connectivity index (χ4v) is 3.21. The van der Waals surface area contributed by atoms with Crippen LogP contribution in [-0.2, 0) is 6.54 Å². The second-order valence-electron chi connectivity index (χ2n) is 5.63. The normalized spacial score (nSPS) is 32.8. The van der Waals surface area contributed by atoms with Gasteiger partial charge in [-0.05, 0) is 36.8 Å². The van der Waals surface area contributed by atoms with Gasteiger partial charge in [-0.15, -0.1) is 0 Å². The molecule has 0 aromatic heterocycles. The van der Waals surface area contributed by atoms with Gasteiger partial charge in [-0.25, -0.2) is 0 Å². The summed E-state index contributed by atoms with van der Waals surface area (Å²) in [5.41, 5.74) is 9.16. The van der Waals surface area contributed by atoms with Gasteiger partial charge in [-0.2, -0.15) is 0 Å². The Morgan fingerprint density at radius 2 is 2.38 bits per heavy atom. The number of rotatable bonds is 3. The van der Waals surface area contributed by atoms with Gasteiger partial charge in [0.15, 0.2) is 0 Å². The zero-order valence-corrected chi connectivity index (χ0v) is 9.95.